The fourth-order valence-electron chi connectivity index (χ4n) is 9.32. The Bertz CT molecular complexity index is 547. The highest BCUT2D eigenvalue weighted by Gasteiger charge is 2.60. The molecule has 0 aromatic heterocycles. The van der Waals surface area contributed by atoms with Gasteiger partial charge in [-0.2, -0.15) is 0 Å². The second-order valence-corrected chi connectivity index (χ2v) is 12.7. The fraction of sp³-hybridized carbons (Fsp3) is 1.00. The molecule has 4 fully saturated rings. The molecule has 4 aliphatic rings. The van der Waals surface area contributed by atoms with E-state index in [9.17, 15) is 0 Å². The minimum atomic E-state index is 0. The largest absolute Gasteiger partial charge is 0.328 e. The normalized spacial score (nSPS) is 47.7. The molecule has 0 heterocycles. The lowest BCUT2D eigenvalue weighted by Gasteiger charge is -2.61. The Labute approximate surface area is 188 Å². The minimum absolute atomic E-state index is 0. The predicted octanol–water partition coefficient (Wildman–Crippen LogP) is 7.86. The van der Waals surface area contributed by atoms with E-state index in [0.29, 0.717) is 16.9 Å². The van der Waals surface area contributed by atoms with Gasteiger partial charge >= 0.3 is 0 Å². The zero-order valence-electron chi connectivity index (χ0n) is 20.1. The molecule has 2 heteroatoms. The van der Waals surface area contributed by atoms with Crippen molar-refractivity contribution in [2.75, 3.05) is 0 Å². The van der Waals surface area contributed by atoms with Gasteiger partial charge in [0.05, 0.1) is 0 Å². The molecule has 0 aromatic carbocycles. The van der Waals surface area contributed by atoms with Gasteiger partial charge in [0.15, 0.2) is 0 Å². The standard InChI is InChI=1S/C27H49N.ClH/c1-18(2)7-6-8-19(3)23-11-12-24-22-10-9-20-17-21(28)13-15-26(20,4)25(22)14-16-27(23,24)5;/h18-25H,6-17,28H2,1-5H3;1H/t19-,20?,21-,22+,23-,24+,25+,26+,27-;/m1./s1. The Balaban J connectivity index is 0.00000240. The summed E-state index contributed by atoms with van der Waals surface area (Å²) < 4.78 is 0. The van der Waals surface area contributed by atoms with Crippen LogP contribution in [0.2, 0.25) is 0 Å². The number of hydrogen-bond donors (Lipinski definition) is 1. The molecule has 4 saturated carbocycles. The van der Waals surface area contributed by atoms with Crippen LogP contribution in [0, 0.1) is 52.3 Å². The van der Waals surface area contributed by atoms with Gasteiger partial charge in [-0.05, 0) is 110 Å². The summed E-state index contributed by atoms with van der Waals surface area (Å²) in [5.41, 5.74) is 7.64. The van der Waals surface area contributed by atoms with Crippen LogP contribution < -0.4 is 5.73 Å². The molecule has 0 radical (unpaired) electrons. The Kier molecular flexibility index (Phi) is 7.43. The van der Waals surface area contributed by atoms with Crippen LogP contribution in [0.15, 0.2) is 0 Å². The van der Waals surface area contributed by atoms with E-state index in [1.165, 1.54) is 77.0 Å². The van der Waals surface area contributed by atoms with Crippen molar-refractivity contribution >= 4 is 12.4 Å². The molecule has 0 spiro atoms. The lowest BCUT2D eigenvalue weighted by molar-refractivity contribution is -0.116. The van der Waals surface area contributed by atoms with Crippen LogP contribution in [0.1, 0.15) is 112 Å². The van der Waals surface area contributed by atoms with Gasteiger partial charge < -0.3 is 5.73 Å². The van der Waals surface area contributed by atoms with E-state index in [4.69, 9.17) is 5.73 Å². The molecular weight excluding hydrogens is 374 g/mol. The van der Waals surface area contributed by atoms with E-state index in [1.807, 2.05) is 0 Å². The van der Waals surface area contributed by atoms with Crippen molar-refractivity contribution in [2.45, 2.75) is 118 Å². The lowest BCUT2D eigenvalue weighted by atomic mass is 9.44. The minimum Gasteiger partial charge on any atom is -0.328 e. The molecule has 2 N–H and O–H groups in total. The van der Waals surface area contributed by atoms with Gasteiger partial charge in [0.1, 0.15) is 0 Å². The molecule has 4 rings (SSSR count). The summed E-state index contributed by atoms with van der Waals surface area (Å²) in [4.78, 5) is 0. The highest BCUT2D eigenvalue weighted by molar-refractivity contribution is 5.85. The first-order valence-electron chi connectivity index (χ1n) is 13.0. The maximum Gasteiger partial charge on any atom is 0.00418 e. The first-order chi connectivity index (χ1) is 13.3. The van der Waals surface area contributed by atoms with Gasteiger partial charge in [0.25, 0.3) is 0 Å². The molecule has 0 saturated heterocycles. The van der Waals surface area contributed by atoms with Crippen LogP contribution in [-0.2, 0) is 0 Å². The SMILES string of the molecule is CC(C)CCC[C@@H](C)[C@H]1CC[C@H]2[C@@H]3CCC4C[C@H](N)CC[C@]4(C)[C@H]3CC[C@]12C.Cl. The summed E-state index contributed by atoms with van der Waals surface area (Å²) in [6, 6.07) is 0.492. The number of rotatable bonds is 5. The van der Waals surface area contributed by atoms with E-state index >= 15 is 0 Å². The first kappa shape index (κ1) is 23.9. The van der Waals surface area contributed by atoms with Crippen molar-refractivity contribution in [1.82, 2.24) is 0 Å². The smallest absolute Gasteiger partial charge is 0.00418 e. The van der Waals surface area contributed by atoms with Crippen molar-refractivity contribution in [3.05, 3.63) is 0 Å². The van der Waals surface area contributed by atoms with Gasteiger partial charge in [-0.3, -0.25) is 0 Å². The first-order valence-corrected chi connectivity index (χ1v) is 13.0. The molecule has 0 aromatic rings. The molecule has 4 aliphatic carbocycles. The summed E-state index contributed by atoms with van der Waals surface area (Å²) in [6.07, 6.45) is 17.5. The Hall–Kier alpha value is 0.250. The van der Waals surface area contributed by atoms with Gasteiger partial charge in [-0.25, -0.2) is 0 Å². The van der Waals surface area contributed by atoms with Gasteiger partial charge in [0, 0.05) is 6.04 Å². The maximum absolute atomic E-state index is 6.39. The van der Waals surface area contributed by atoms with Crippen LogP contribution in [0.5, 0.6) is 0 Å². The lowest BCUT2D eigenvalue weighted by Crippen LogP contribution is -2.54. The molecule has 0 bridgehead atoms. The van der Waals surface area contributed by atoms with Crippen LogP contribution in [0.3, 0.4) is 0 Å². The van der Waals surface area contributed by atoms with Crippen LogP contribution in [0.4, 0.5) is 0 Å². The van der Waals surface area contributed by atoms with Crippen LogP contribution >= 0.6 is 12.4 Å². The maximum atomic E-state index is 6.39. The third-order valence-electron chi connectivity index (χ3n) is 10.9. The van der Waals surface area contributed by atoms with E-state index < -0.39 is 0 Å². The average molecular weight is 424 g/mol. The van der Waals surface area contributed by atoms with E-state index in [2.05, 4.69) is 34.6 Å². The van der Waals surface area contributed by atoms with E-state index in [1.54, 1.807) is 0 Å². The van der Waals surface area contributed by atoms with Crippen molar-refractivity contribution in [3.8, 4) is 0 Å². The molecule has 170 valence electrons. The van der Waals surface area contributed by atoms with Crippen molar-refractivity contribution < 1.29 is 0 Å². The van der Waals surface area contributed by atoms with Gasteiger partial charge in [-0.1, -0.05) is 53.9 Å². The molecule has 0 aliphatic heterocycles. The fourth-order valence-corrected chi connectivity index (χ4v) is 9.32. The summed E-state index contributed by atoms with van der Waals surface area (Å²) in [5.74, 6) is 6.79. The second kappa shape index (κ2) is 9.01. The molecule has 29 heavy (non-hydrogen) atoms. The highest BCUT2D eigenvalue weighted by Crippen LogP contribution is 2.68. The Morgan fingerprint density at radius 1 is 0.828 bits per heavy atom. The van der Waals surface area contributed by atoms with Crippen LogP contribution in [-0.4, -0.2) is 6.04 Å². The highest BCUT2D eigenvalue weighted by atomic mass is 35.5. The quantitative estimate of drug-likeness (QED) is 0.478. The van der Waals surface area contributed by atoms with Crippen molar-refractivity contribution in [3.63, 3.8) is 0 Å². The van der Waals surface area contributed by atoms with Gasteiger partial charge in [0.2, 0.25) is 0 Å². The monoisotopic (exact) mass is 423 g/mol. The number of hydrogen-bond acceptors (Lipinski definition) is 1. The molecule has 0 amide bonds. The summed E-state index contributed by atoms with van der Waals surface area (Å²) in [5, 5.41) is 0. The number of nitrogens with two attached hydrogens (primary N) is 1. The zero-order chi connectivity index (χ0) is 20.1. The zero-order valence-corrected chi connectivity index (χ0v) is 20.9. The van der Waals surface area contributed by atoms with Crippen molar-refractivity contribution in [2.24, 2.45) is 58.0 Å². The number of fused-ring (bicyclic) bond motifs is 5. The summed E-state index contributed by atoms with van der Waals surface area (Å²) in [7, 11) is 0. The number of halogens is 1. The molecular formula is C27H50ClN. The molecule has 1 nitrogen and oxygen atoms in total. The summed E-state index contributed by atoms with van der Waals surface area (Å²) in [6.45, 7) is 12.8. The van der Waals surface area contributed by atoms with E-state index in [-0.39, 0.29) is 12.4 Å². The average Bonchev–Trinajstić information content (AvgIpc) is 2.99. The second-order valence-electron chi connectivity index (χ2n) is 12.7. The van der Waals surface area contributed by atoms with Crippen LogP contribution in [0.25, 0.3) is 0 Å². The third-order valence-corrected chi connectivity index (χ3v) is 10.9. The predicted molar refractivity (Wildman–Crippen MR) is 128 cm³/mol. The van der Waals surface area contributed by atoms with E-state index in [0.717, 1.165) is 41.4 Å². The molecule has 1 unspecified atom stereocenters. The van der Waals surface area contributed by atoms with Crippen molar-refractivity contribution in [1.29, 1.82) is 0 Å². The third kappa shape index (κ3) is 4.18. The topological polar surface area (TPSA) is 26.0 Å². The Morgan fingerprint density at radius 2 is 1.52 bits per heavy atom. The molecule has 9 atom stereocenters. The van der Waals surface area contributed by atoms with Gasteiger partial charge in [-0.15, -0.1) is 12.4 Å². The Morgan fingerprint density at radius 3 is 2.24 bits per heavy atom. The summed E-state index contributed by atoms with van der Waals surface area (Å²) >= 11 is 0.